The van der Waals surface area contributed by atoms with E-state index in [-0.39, 0.29) is 29.6 Å². The minimum absolute atomic E-state index is 0.0584. The molecular formula is C25H26ClN3O4S. The Morgan fingerprint density at radius 1 is 1.21 bits per heavy atom. The smallest absolute Gasteiger partial charge is 0.410 e. The Morgan fingerprint density at radius 3 is 2.68 bits per heavy atom. The quantitative estimate of drug-likeness (QED) is 0.482. The standard InChI is InChI=1S/C25H26ClN3O4S/c1-14-3-4-17(19(26)7-14)18-12-34-22-20(18)27-13-28-23(22)32-21-15-8-29(9-16(21)11-31-10-15)24(30)33-25(2)5-6-25/h3-4,7,12-13,15-16,21H,5-6,8-11H2,1-2H3. The van der Waals surface area contributed by atoms with Gasteiger partial charge >= 0.3 is 6.09 Å². The van der Waals surface area contributed by atoms with E-state index in [2.05, 4.69) is 15.3 Å². The molecule has 1 saturated carbocycles. The van der Waals surface area contributed by atoms with Crippen LogP contribution in [0.5, 0.6) is 5.88 Å². The van der Waals surface area contributed by atoms with E-state index in [1.54, 1.807) is 17.7 Å². The highest BCUT2D eigenvalue weighted by Crippen LogP contribution is 2.42. The first-order valence-electron chi connectivity index (χ1n) is 11.6. The number of aryl methyl sites for hydroxylation is 1. The van der Waals surface area contributed by atoms with Crippen LogP contribution in [-0.2, 0) is 9.47 Å². The number of ether oxygens (including phenoxy) is 3. The van der Waals surface area contributed by atoms with Crippen molar-refractivity contribution in [2.75, 3.05) is 26.3 Å². The van der Waals surface area contributed by atoms with Gasteiger partial charge in [-0.2, -0.15) is 0 Å². The lowest BCUT2D eigenvalue weighted by atomic mass is 9.84. The lowest BCUT2D eigenvalue weighted by molar-refractivity contribution is -0.111. The van der Waals surface area contributed by atoms with E-state index < -0.39 is 0 Å². The Bertz CT molecular complexity index is 1250. The lowest BCUT2D eigenvalue weighted by Gasteiger charge is -2.46. The number of aromatic nitrogens is 2. The molecule has 0 N–H and O–H groups in total. The number of likely N-dealkylation sites (tertiary alicyclic amines) is 1. The summed E-state index contributed by atoms with van der Waals surface area (Å²) in [6.45, 7) is 6.21. The third-order valence-electron chi connectivity index (χ3n) is 7.03. The fraction of sp³-hybridized carbons (Fsp3) is 0.480. The number of benzene rings is 1. The first kappa shape index (κ1) is 22.1. The van der Waals surface area contributed by atoms with Crippen LogP contribution in [0, 0.1) is 18.8 Å². The largest absolute Gasteiger partial charge is 0.472 e. The third-order valence-corrected chi connectivity index (χ3v) is 8.30. The number of fused-ring (bicyclic) bond motifs is 3. The van der Waals surface area contributed by atoms with Crippen molar-refractivity contribution in [1.82, 2.24) is 14.9 Å². The number of halogens is 1. The molecule has 3 aromatic rings. The summed E-state index contributed by atoms with van der Waals surface area (Å²) < 4.78 is 19.0. The van der Waals surface area contributed by atoms with Gasteiger partial charge in [0.1, 0.15) is 22.7 Å². The van der Waals surface area contributed by atoms with Crippen molar-refractivity contribution in [2.24, 2.45) is 11.8 Å². The predicted molar refractivity (Wildman–Crippen MR) is 131 cm³/mol. The van der Waals surface area contributed by atoms with Crippen LogP contribution in [-0.4, -0.2) is 59.0 Å². The molecule has 178 valence electrons. The second-order valence-corrected chi connectivity index (χ2v) is 11.1. The van der Waals surface area contributed by atoms with E-state index in [0.29, 0.717) is 37.2 Å². The Labute approximate surface area is 207 Å². The van der Waals surface area contributed by atoms with Crippen molar-refractivity contribution in [1.29, 1.82) is 0 Å². The van der Waals surface area contributed by atoms with E-state index in [1.807, 2.05) is 36.9 Å². The molecule has 1 aliphatic carbocycles. The molecule has 7 nitrogen and oxygen atoms in total. The fourth-order valence-electron chi connectivity index (χ4n) is 4.87. The van der Waals surface area contributed by atoms with E-state index >= 15 is 0 Å². The SMILES string of the molecule is Cc1ccc(-c2csc3c(OC4C5COCC4CN(C(=O)OC4(C)CC4)C5)ncnc23)c(Cl)c1. The summed E-state index contributed by atoms with van der Waals surface area (Å²) in [5.41, 5.74) is 3.60. The van der Waals surface area contributed by atoms with Gasteiger partial charge in [0.05, 0.1) is 18.7 Å². The van der Waals surface area contributed by atoms with Gasteiger partial charge in [0.15, 0.2) is 0 Å². The van der Waals surface area contributed by atoms with E-state index in [4.69, 9.17) is 25.8 Å². The van der Waals surface area contributed by atoms with Crippen molar-refractivity contribution in [3.63, 3.8) is 0 Å². The second kappa shape index (κ2) is 8.36. The Hall–Kier alpha value is -2.42. The van der Waals surface area contributed by atoms with Crippen LogP contribution >= 0.6 is 22.9 Å². The number of nitrogens with zero attached hydrogens (tertiary/aromatic N) is 3. The number of piperidine rings is 1. The molecule has 2 aromatic heterocycles. The van der Waals surface area contributed by atoms with Crippen molar-refractivity contribution >= 4 is 39.2 Å². The van der Waals surface area contributed by atoms with Gasteiger partial charge in [0.2, 0.25) is 5.88 Å². The van der Waals surface area contributed by atoms with Gasteiger partial charge in [0, 0.05) is 46.5 Å². The molecule has 0 radical (unpaired) electrons. The third kappa shape index (κ3) is 4.01. The molecule has 34 heavy (non-hydrogen) atoms. The summed E-state index contributed by atoms with van der Waals surface area (Å²) >= 11 is 8.10. The number of carbonyl (C=O) groups is 1. The predicted octanol–water partition coefficient (Wildman–Crippen LogP) is 5.33. The maximum Gasteiger partial charge on any atom is 0.410 e. The number of thiophene rings is 1. The number of carbonyl (C=O) groups excluding carboxylic acids is 1. The average Bonchev–Trinajstić information content (AvgIpc) is 3.35. The van der Waals surface area contributed by atoms with E-state index in [9.17, 15) is 4.79 Å². The lowest BCUT2D eigenvalue weighted by Crippen LogP contribution is -2.59. The zero-order valence-corrected chi connectivity index (χ0v) is 20.7. The van der Waals surface area contributed by atoms with Gasteiger partial charge in [-0.15, -0.1) is 11.3 Å². The van der Waals surface area contributed by atoms with Crippen LogP contribution in [0.1, 0.15) is 25.3 Å². The van der Waals surface area contributed by atoms with Crippen molar-refractivity contribution < 1.29 is 19.0 Å². The molecule has 6 rings (SSSR count). The van der Waals surface area contributed by atoms with Crippen LogP contribution in [0.3, 0.4) is 0 Å². The average molecular weight is 500 g/mol. The monoisotopic (exact) mass is 499 g/mol. The summed E-state index contributed by atoms with van der Waals surface area (Å²) in [6, 6.07) is 6.04. The van der Waals surface area contributed by atoms with Crippen molar-refractivity contribution in [2.45, 2.75) is 38.4 Å². The molecule has 2 bridgehead atoms. The molecule has 9 heteroatoms. The van der Waals surface area contributed by atoms with Gasteiger partial charge in [-0.1, -0.05) is 23.7 Å². The van der Waals surface area contributed by atoms with Gasteiger partial charge in [-0.05, 0) is 38.3 Å². The normalized spacial score (nSPS) is 25.3. The number of hydrogen-bond acceptors (Lipinski definition) is 7. The van der Waals surface area contributed by atoms with Crippen LogP contribution in [0.15, 0.2) is 29.9 Å². The summed E-state index contributed by atoms with van der Waals surface area (Å²) in [4.78, 5) is 23.6. The highest BCUT2D eigenvalue weighted by molar-refractivity contribution is 7.18. The zero-order valence-electron chi connectivity index (χ0n) is 19.1. The van der Waals surface area contributed by atoms with Crippen molar-refractivity contribution in [3.05, 3.63) is 40.5 Å². The van der Waals surface area contributed by atoms with E-state index in [1.165, 1.54) is 0 Å². The molecule has 4 heterocycles. The maximum absolute atomic E-state index is 12.7. The van der Waals surface area contributed by atoms with Crippen LogP contribution in [0.25, 0.3) is 21.3 Å². The fourth-order valence-corrected chi connectivity index (χ4v) is 6.15. The molecule has 2 unspecified atom stereocenters. The zero-order chi connectivity index (χ0) is 23.4. The molecule has 2 saturated heterocycles. The molecule has 2 aliphatic heterocycles. The summed E-state index contributed by atoms with van der Waals surface area (Å²) in [5, 5.41) is 2.76. The van der Waals surface area contributed by atoms with Crippen LogP contribution < -0.4 is 4.74 Å². The minimum atomic E-state index is -0.278. The number of rotatable bonds is 4. The van der Waals surface area contributed by atoms with E-state index in [0.717, 1.165) is 39.7 Å². The Balaban J connectivity index is 1.25. The van der Waals surface area contributed by atoms with Gasteiger partial charge < -0.3 is 19.1 Å². The molecular weight excluding hydrogens is 474 g/mol. The summed E-state index contributed by atoms with van der Waals surface area (Å²) in [6.07, 6.45) is 3.12. The maximum atomic E-state index is 12.7. The number of amides is 1. The van der Waals surface area contributed by atoms with Gasteiger partial charge in [-0.25, -0.2) is 14.8 Å². The van der Waals surface area contributed by atoms with Crippen molar-refractivity contribution in [3.8, 4) is 17.0 Å². The molecule has 2 atom stereocenters. The van der Waals surface area contributed by atoms with Crippen LogP contribution in [0.4, 0.5) is 4.79 Å². The molecule has 3 aliphatic rings. The Kier molecular flexibility index (Phi) is 5.43. The highest BCUT2D eigenvalue weighted by Gasteiger charge is 2.47. The highest BCUT2D eigenvalue weighted by atomic mass is 35.5. The topological polar surface area (TPSA) is 73.8 Å². The first-order valence-corrected chi connectivity index (χ1v) is 12.9. The minimum Gasteiger partial charge on any atom is -0.472 e. The van der Waals surface area contributed by atoms with Gasteiger partial charge in [0.25, 0.3) is 0 Å². The van der Waals surface area contributed by atoms with Gasteiger partial charge in [-0.3, -0.25) is 0 Å². The molecule has 1 aromatic carbocycles. The first-order chi connectivity index (χ1) is 16.4. The summed E-state index contributed by atoms with van der Waals surface area (Å²) in [5.74, 6) is 0.694. The number of hydrogen-bond donors (Lipinski definition) is 0. The summed E-state index contributed by atoms with van der Waals surface area (Å²) in [7, 11) is 0. The molecule has 1 amide bonds. The second-order valence-electron chi connectivity index (χ2n) is 9.85. The molecule has 3 fully saturated rings. The van der Waals surface area contributed by atoms with Crippen LogP contribution in [0.2, 0.25) is 5.02 Å². The molecule has 0 spiro atoms. The Morgan fingerprint density at radius 2 is 1.97 bits per heavy atom.